The van der Waals surface area contributed by atoms with Gasteiger partial charge in [-0.3, -0.25) is 19.2 Å². The molecule has 0 saturated heterocycles. The topological polar surface area (TPSA) is 67.2 Å². The van der Waals surface area contributed by atoms with E-state index in [2.05, 4.69) is 10.4 Å². The van der Waals surface area contributed by atoms with Gasteiger partial charge in [-0.2, -0.15) is 5.10 Å². The van der Waals surface area contributed by atoms with Crippen molar-refractivity contribution in [1.82, 2.24) is 15.1 Å². The number of fused-ring (bicyclic) bond motifs is 1. The minimum atomic E-state index is -0.675. The van der Waals surface area contributed by atoms with E-state index >= 15 is 0 Å². The Kier molecular flexibility index (Phi) is 6.45. The largest absolute Gasteiger partial charge is 0.352 e. The maximum atomic E-state index is 14.8. The van der Waals surface area contributed by atoms with Gasteiger partial charge in [-0.15, -0.1) is 11.8 Å². The summed E-state index contributed by atoms with van der Waals surface area (Å²) in [7, 11) is 1.71. The van der Waals surface area contributed by atoms with Crippen LogP contribution in [0.25, 0.3) is 0 Å². The van der Waals surface area contributed by atoms with Gasteiger partial charge >= 0.3 is 0 Å². The second kappa shape index (κ2) is 8.61. The second-order valence-corrected chi connectivity index (χ2v) is 10.1. The number of carbonyl (C=O) groups excluding carboxylic acids is 2. The maximum Gasteiger partial charge on any atom is 0.240 e. The highest BCUT2D eigenvalue weighted by Gasteiger charge is 2.39. The molecule has 0 aliphatic carbocycles. The molecule has 9 heteroatoms. The van der Waals surface area contributed by atoms with Gasteiger partial charge in [0.2, 0.25) is 11.8 Å². The van der Waals surface area contributed by atoms with Crippen molar-refractivity contribution in [3.63, 3.8) is 0 Å². The SMILES string of the molecule is CC(C)NC(=O)CN1C(=O)CSC(c2ccc(F)cc2F)c2c(C(C)(C)C)nn(C)c21. The number of carbonyl (C=O) groups is 2. The molecule has 1 unspecified atom stereocenters. The quantitative estimate of drug-likeness (QED) is 0.772. The number of hydrogen-bond acceptors (Lipinski definition) is 4. The third-order valence-corrected chi connectivity index (χ3v) is 6.19. The molecule has 3 rings (SSSR count). The van der Waals surface area contributed by atoms with Crippen molar-refractivity contribution in [3.05, 3.63) is 46.7 Å². The molecular formula is C22H28F2N4O2S. The van der Waals surface area contributed by atoms with Gasteiger partial charge in [0.25, 0.3) is 0 Å². The zero-order valence-electron chi connectivity index (χ0n) is 18.6. The Morgan fingerprint density at radius 3 is 2.58 bits per heavy atom. The van der Waals surface area contributed by atoms with Crippen LogP contribution in [0.15, 0.2) is 18.2 Å². The third-order valence-electron chi connectivity index (χ3n) is 4.95. The number of benzene rings is 1. The number of anilines is 1. The van der Waals surface area contributed by atoms with E-state index in [0.717, 1.165) is 6.07 Å². The average molecular weight is 451 g/mol. The number of nitrogens with zero attached hydrogens (tertiary/aromatic N) is 3. The van der Waals surface area contributed by atoms with Crippen LogP contribution in [0.5, 0.6) is 0 Å². The summed E-state index contributed by atoms with van der Waals surface area (Å²) in [6, 6.07) is 3.41. The van der Waals surface area contributed by atoms with Crippen LogP contribution in [-0.4, -0.2) is 39.9 Å². The summed E-state index contributed by atoms with van der Waals surface area (Å²) >= 11 is 1.26. The Morgan fingerprint density at radius 1 is 1.32 bits per heavy atom. The number of nitrogens with one attached hydrogen (secondary N) is 1. The lowest BCUT2D eigenvalue weighted by Crippen LogP contribution is -2.44. The smallest absolute Gasteiger partial charge is 0.240 e. The Morgan fingerprint density at radius 2 is 2.00 bits per heavy atom. The van der Waals surface area contributed by atoms with Crippen LogP contribution in [0.1, 0.15) is 56.7 Å². The highest BCUT2D eigenvalue weighted by molar-refractivity contribution is 8.00. The van der Waals surface area contributed by atoms with Gasteiger partial charge in [0, 0.05) is 35.7 Å². The minimum absolute atomic E-state index is 0.0503. The fourth-order valence-corrected chi connectivity index (χ4v) is 4.93. The molecule has 168 valence electrons. The van der Waals surface area contributed by atoms with Crippen LogP contribution < -0.4 is 10.2 Å². The van der Waals surface area contributed by atoms with Gasteiger partial charge in [-0.1, -0.05) is 26.8 Å². The Labute approximate surface area is 185 Å². The van der Waals surface area contributed by atoms with E-state index in [4.69, 9.17) is 0 Å². The summed E-state index contributed by atoms with van der Waals surface area (Å²) in [5.41, 5.74) is 1.26. The Bertz CT molecular complexity index is 1010. The van der Waals surface area contributed by atoms with E-state index in [-0.39, 0.29) is 35.7 Å². The number of hydrogen-bond donors (Lipinski definition) is 1. The van der Waals surface area contributed by atoms with E-state index in [9.17, 15) is 18.4 Å². The molecule has 1 aliphatic rings. The van der Waals surface area contributed by atoms with Gasteiger partial charge in [-0.05, 0) is 19.9 Å². The first-order valence-electron chi connectivity index (χ1n) is 10.1. The van der Waals surface area contributed by atoms with E-state index in [1.165, 1.54) is 28.8 Å². The Hall–Kier alpha value is -2.42. The van der Waals surface area contributed by atoms with Crippen LogP contribution in [-0.2, 0) is 22.1 Å². The predicted octanol–water partition coefficient (Wildman–Crippen LogP) is 3.69. The average Bonchev–Trinajstić information content (AvgIpc) is 2.91. The summed E-state index contributed by atoms with van der Waals surface area (Å²) in [4.78, 5) is 27.0. The lowest BCUT2D eigenvalue weighted by atomic mass is 9.87. The number of rotatable bonds is 4. The predicted molar refractivity (Wildman–Crippen MR) is 118 cm³/mol. The zero-order valence-corrected chi connectivity index (χ0v) is 19.4. The van der Waals surface area contributed by atoms with Crippen molar-refractivity contribution in [2.75, 3.05) is 17.2 Å². The monoisotopic (exact) mass is 450 g/mol. The molecule has 1 aliphatic heterocycles. The van der Waals surface area contributed by atoms with E-state index < -0.39 is 22.3 Å². The summed E-state index contributed by atoms with van der Waals surface area (Å²) in [5, 5.41) is 6.90. The highest BCUT2D eigenvalue weighted by Crippen LogP contribution is 2.48. The molecular weight excluding hydrogens is 422 g/mol. The molecule has 1 atom stereocenters. The van der Waals surface area contributed by atoms with Crippen molar-refractivity contribution in [3.8, 4) is 0 Å². The van der Waals surface area contributed by atoms with E-state index in [1.54, 1.807) is 11.7 Å². The summed E-state index contributed by atoms with van der Waals surface area (Å²) in [5.74, 6) is -1.37. The first-order chi connectivity index (χ1) is 14.4. The number of amides is 2. The number of halogens is 2. The Balaban J connectivity index is 2.21. The first-order valence-corrected chi connectivity index (χ1v) is 11.2. The minimum Gasteiger partial charge on any atom is -0.352 e. The van der Waals surface area contributed by atoms with Crippen LogP contribution in [0.3, 0.4) is 0 Å². The van der Waals surface area contributed by atoms with Gasteiger partial charge in [0.15, 0.2) is 0 Å². The molecule has 0 spiro atoms. The summed E-state index contributed by atoms with van der Waals surface area (Å²) < 4.78 is 29.9. The van der Waals surface area contributed by atoms with Crippen LogP contribution in [0, 0.1) is 11.6 Å². The normalized spacial score (nSPS) is 17.0. The van der Waals surface area contributed by atoms with E-state index in [1.807, 2.05) is 34.6 Å². The third kappa shape index (κ3) is 4.76. The molecule has 2 amide bonds. The molecule has 0 bridgehead atoms. The van der Waals surface area contributed by atoms with Crippen molar-refractivity contribution in [2.45, 2.75) is 51.3 Å². The lowest BCUT2D eigenvalue weighted by Gasteiger charge is -2.24. The van der Waals surface area contributed by atoms with Crippen LogP contribution in [0.2, 0.25) is 0 Å². The molecule has 31 heavy (non-hydrogen) atoms. The number of aryl methyl sites for hydroxylation is 1. The molecule has 2 aromatic rings. The summed E-state index contributed by atoms with van der Waals surface area (Å²) in [6.07, 6.45) is 0. The summed E-state index contributed by atoms with van der Waals surface area (Å²) in [6.45, 7) is 9.49. The fourth-order valence-electron chi connectivity index (χ4n) is 3.71. The van der Waals surface area contributed by atoms with Crippen molar-refractivity contribution in [1.29, 1.82) is 0 Å². The molecule has 0 saturated carbocycles. The molecule has 1 N–H and O–H groups in total. The van der Waals surface area contributed by atoms with E-state index in [0.29, 0.717) is 17.1 Å². The standard InChI is InChI=1S/C22H28F2N4O2S/c1-12(2)25-16(29)10-28-17(30)11-31-19(14-8-7-13(23)9-15(14)24)18-20(22(3,4)5)26-27(6)21(18)28/h7-9,12,19H,10-11H2,1-6H3,(H,25,29). The first kappa shape index (κ1) is 23.2. The molecule has 1 aromatic carbocycles. The van der Waals surface area contributed by atoms with Gasteiger partial charge in [-0.25, -0.2) is 8.78 Å². The fraction of sp³-hybridized carbons (Fsp3) is 0.500. The molecule has 2 heterocycles. The maximum absolute atomic E-state index is 14.8. The number of thioether (sulfide) groups is 1. The van der Waals surface area contributed by atoms with Crippen molar-refractivity contribution < 1.29 is 18.4 Å². The van der Waals surface area contributed by atoms with Gasteiger partial charge in [0.05, 0.1) is 16.7 Å². The lowest BCUT2D eigenvalue weighted by molar-refractivity contribution is -0.123. The molecule has 0 fully saturated rings. The van der Waals surface area contributed by atoms with Crippen molar-refractivity contribution in [2.24, 2.45) is 7.05 Å². The highest BCUT2D eigenvalue weighted by atomic mass is 32.2. The molecule has 6 nitrogen and oxygen atoms in total. The van der Waals surface area contributed by atoms with Crippen LogP contribution in [0.4, 0.5) is 14.6 Å². The van der Waals surface area contributed by atoms with Gasteiger partial charge in [0.1, 0.15) is 24.0 Å². The number of aromatic nitrogens is 2. The van der Waals surface area contributed by atoms with Crippen LogP contribution >= 0.6 is 11.8 Å². The van der Waals surface area contributed by atoms with Gasteiger partial charge < -0.3 is 5.32 Å². The molecule has 1 aromatic heterocycles. The van der Waals surface area contributed by atoms with Crippen molar-refractivity contribution >= 4 is 29.4 Å². The zero-order chi connectivity index (χ0) is 23.1. The molecule has 0 radical (unpaired) electrons. The second-order valence-electron chi connectivity index (χ2n) is 9.02.